The third-order valence-electron chi connectivity index (χ3n) is 4.41. The Morgan fingerprint density at radius 3 is 2.75 bits per heavy atom. The monoisotopic (exact) mass is 381 g/mol. The van der Waals surface area contributed by atoms with Crippen molar-refractivity contribution in [2.24, 2.45) is 0 Å². The van der Waals surface area contributed by atoms with E-state index in [0.717, 1.165) is 5.39 Å². The predicted octanol–water partition coefficient (Wildman–Crippen LogP) is 3.08. The third-order valence-corrected chi connectivity index (χ3v) is 4.41. The van der Waals surface area contributed by atoms with Crippen LogP contribution in [0.25, 0.3) is 21.9 Å². The summed E-state index contributed by atoms with van der Waals surface area (Å²) in [6, 6.07) is 13.5. The summed E-state index contributed by atoms with van der Waals surface area (Å²) in [5, 5.41) is 32.7. The van der Waals surface area contributed by atoms with Crippen LogP contribution >= 0.6 is 0 Å². The molecule has 144 valence electrons. The van der Waals surface area contributed by atoms with Gasteiger partial charge in [0.15, 0.2) is 5.69 Å². The van der Waals surface area contributed by atoms with Crippen molar-refractivity contribution in [3.8, 4) is 22.9 Å². The highest BCUT2D eigenvalue weighted by atomic mass is 19.1. The zero-order valence-electron chi connectivity index (χ0n) is 15.3. The molecule has 0 aliphatic carbocycles. The van der Waals surface area contributed by atoms with Gasteiger partial charge in [-0.2, -0.15) is 5.26 Å². The molecule has 0 saturated carbocycles. The maximum atomic E-state index is 13.8. The van der Waals surface area contributed by atoms with Crippen LogP contribution in [0.15, 0.2) is 42.5 Å². The molecule has 2 aromatic carbocycles. The molecule has 6 nitrogen and oxygen atoms in total. The Labute approximate surface area is 161 Å². The lowest BCUT2D eigenvalue weighted by atomic mass is 9.96. The normalized spacial score (nSPS) is 11.8. The quantitative estimate of drug-likeness (QED) is 0.582. The number of aromatic nitrogens is 1. The molecule has 0 bridgehead atoms. The predicted molar refractivity (Wildman–Crippen MR) is 105 cm³/mol. The lowest BCUT2D eigenvalue weighted by Gasteiger charge is -2.16. The van der Waals surface area contributed by atoms with E-state index < -0.39 is 11.9 Å². The topological polar surface area (TPSA) is 98.4 Å². The maximum Gasteiger partial charge on any atom is 0.151 e. The Morgan fingerprint density at radius 2 is 2.07 bits per heavy atom. The molecule has 0 fully saturated rings. The van der Waals surface area contributed by atoms with Crippen LogP contribution in [0.3, 0.4) is 0 Å². The van der Waals surface area contributed by atoms with E-state index in [0.29, 0.717) is 41.0 Å². The standard InChI is InChI=1S/C21H20FN3O3/c1-28-16-5-6-17-18(10-16)20(13-3-2-4-14(22)9-13)19(11-23)25-21(17)24-8-7-15(27)12-26/h2-6,9-10,15,26-27H,7-8,12H2,1H3,(H,24,25)/t15-/m1/s1. The average Bonchev–Trinajstić information content (AvgIpc) is 2.72. The number of anilines is 1. The third kappa shape index (κ3) is 4.03. The van der Waals surface area contributed by atoms with Crippen LogP contribution in [0.5, 0.6) is 5.75 Å². The van der Waals surface area contributed by atoms with Crippen molar-refractivity contribution in [2.75, 3.05) is 25.6 Å². The van der Waals surface area contributed by atoms with Gasteiger partial charge in [-0.3, -0.25) is 0 Å². The van der Waals surface area contributed by atoms with E-state index in [2.05, 4.69) is 16.4 Å². The molecular weight excluding hydrogens is 361 g/mol. The first kappa shape index (κ1) is 19.5. The number of hydrogen-bond acceptors (Lipinski definition) is 6. The van der Waals surface area contributed by atoms with Gasteiger partial charge in [0.05, 0.1) is 19.8 Å². The molecule has 0 amide bonds. The number of nitrogens with one attached hydrogen (secondary N) is 1. The SMILES string of the molecule is COc1ccc2c(NCC[C@@H](O)CO)nc(C#N)c(-c3cccc(F)c3)c2c1. The van der Waals surface area contributed by atoms with E-state index in [9.17, 15) is 14.8 Å². The van der Waals surface area contributed by atoms with E-state index in [-0.39, 0.29) is 12.3 Å². The largest absolute Gasteiger partial charge is 0.497 e. The van der Waals surface area contributed by atoms with Crippen LogP contribution in [-0.2, 0) is 0 Å². The zero-order chi connectivity index (χ0) is 20.1. The molecular formula is C21H20FN3O3. The lowest BCUT2D eigenvalue weighted by Crippen LogP contribution is -2.17. The summed E-state index contributed by atoms with van der Waals surface area (Å²) in [5.74, 6) is 0.666. The second-order valence-corrected chi connectivity index (χ2v) is 6.27. The second kappa shape index (κ2) is 8.65. The molecule has 0 radical (unpaired) electrons. The fourth-order valence-corrected chi connectivity index (χ4v) is 3.02. The number of pyridine rings is 1. The molecule has 3 aromatic rings. The number of hydrogen-bond donors (Lipinski definition) is 3. The summed E-state index contributed by atoms with van der Waals surface area (Å²) < 4.78 is 19.1. The Bertz CT molecular complexity index is 1030. The van der Waals surface area contributed by atoms with Gasteiger partial charge in [-0.1, -0.05) is 12.1 Å². The Balaban J connectivity index is 2.17. The molecule has 0 aliphatic heterocycles. The van der Waals surface area contributed by atoms with Gasteiger partial charge in [-0.15, -0.1) is 0 Å². The van der Waals surface area contributed by atoms with Crippen molar-refractivity contribution in [1.82, 2.24) is 4.98 Å². The first-order valence-corrected chi connectivity index (χ1v) is 8.78. The second-order valence-electron chi connectivity index (χ2n) is 6.27. The number of ether oxygens (including phenoxy) is 1. The van der Waals surface area contributed by atoms with Crippen LogP contribution in [0, 0.1) is 17.1 Å². The van der Waals surface area contributed by atoms with Gasteiger partial charge >= 0.3 is 0 Å². The first-order chi connectivity index (χ1) is 13.6. The van der Waals surface area contributed by atoms with E-state index in [1.165, 1.54) is 12.1 Å². The number of rotatable bonds is 7. The summed E-state index contributed by atoms with van der Waals surface area (Å²) in [6.45, 7) is 0.0368. The van der Waals surface area contributed by atoms with E-state index >= 15 is 0 Å². The van der Waals surface area contributed by atoms with Crippen molar-refractivity contribution < 1.29 is 19.3 Å². The Kier molecular flexibility index (Phi) is 6.04. The molecule has 7 heteroatoms. The average molecular weight is 381 g/mol. The number of benzene rings is 2. The summed E-state index contributed by atoms with van der Waals surface area (Å²) >= 11 is 0. The minimum absolute atomic E-state index is 0.150. The van der Waals surface area contributed by atoms with Crippen LogP contribution in [0.4, 0.5) is 10.2 Å². The lowest BCUT2D eigenvalue weighted by molar-refractivity contribution is 0.0911. The molecule has 3 rings (SSSR count). The number of methoxy groups -OCH3 is 1. The molecule has 0 aliphatic rings. The molecule has 0 saturated heterocycles. The van der Waals surface area contributed by atoms with Crippen molar-refractivity contribution in [2.45, 2.75) is 12.5 Å². The van der Waals surface area contributed by atoms with Crippen LogP contribution in [0.1, 0.15) is 12.1 Å². The van der Waals surface area contributed by atoms with Crippen molar-refractivity contribution in [3.05, 3.63) is 54.0 Å². The number of halogens is 1. The highest BCUT2D eigenvalue weighted by Gasteiger charge is 2.17. The fraction of sp³-hybridized carbons (Fsp3) is 0.238. The van der Waals surface area contributed by atoms with Gasteiger partial charge in [0.25, 0.3) is 0 Å². The van der Waals surface area contributed by atoms with Crippen LogP contribution < -0.4 is 10.1 Å². The van der Waals surface area contributed by atoms with Crippen molar-refractivity contribution >= 4 is 16.6 Å². The maximum absolute atomic E-state index is 13.8. The van der Waals surface area contributed by atoms with E-state index in [4.69, 9.17) is 9.84 Å². The molecule has 0 unspecified atom stereocenters. The number of nitrogens with zero attached hydrogens (tertiary/aromatic N) is 2. The minimum atomic E-state index is -0.833. The van der Waals surface area contributed by atoms with Crippen LogP contribution in [0.2, 0.25) is 0 Å². The van der Waals surface area contributed by atoms with Gasteiger partial charge in [0, 0.05) is 17.5 Å². The van der Waals surface area contributed by atoms with Gasteiger partial charge in [-0.25, -0.2) is 9.37 Å². The van der Waals surface area contributed by atoms with Gasteiger partial charge in [0.2, 0.25) is 0 Å². The zero-order valence-corrected chi connectivity index (χ0v) is 15.3. The first-order valence-electron chi connectivity index (χ1n) is 8.78. The molecule has 28 heavy (non-hydrogen) atoms. The smallest absolute Gasteiger partial charge is 0.151 e. The van der Waals surface area contributed by atoms with Crippen molar-refractivity contribution in [3.63, 3.8) is 0 Å². The molecule has 3 N–H and O–H groups in total. The summed E-state index contributed by atoms with van der Waals surface area (Å²) in [4.78, 5) is 4.42. The number of aliphatic hydroxyl groups is 2. The molecule has 0 spiro atoms. The molecule has 1 atom stereocenters. The van der Waals surface area contributed by atoms with E-state index in [1.807, 2.05) is 6.07 Å². The number of aliphatic hydroxyl groups excluding tert-OH is 2. The van der Waals surface area contributed by atoms with Gasteiger partial charge in [-0.05, 0) is 47.7 Å². The van der Waals surface area contributed by atoms with Gasteiger partial charge < -0.3 is 20.3 Å². The van der Waals surface area contributed by atoms with Gasteiger partial charge in [0.1, 0.15) is 23.5 Å². The Morgan fingerprint density at radius 1 is 1.25 bits per heavy atom. The Hall–Kier alpha value is -3.21. The van der Waals surface area contributed by atoms with Crippen LogP contribution in [-0.4, -0.2) is 41.6 Å². The highest BCUT2D eigenvalue weighted by molar-refractivity contribution is 6.04. The molecule has 1 heterocycles. The van der Waals surface area contributed by atoms with Crippen molar-refractivity contribution in [1.29, 1.82) is 5.26 Å². The summed E-state index contributed by atoms with van der Waals surface area (Å²) in [5.41, 5.74) is 1.22. The summed E-state index contributed by atoms with van der Waals surface area (Å²) in [6.07, 6.45) is -0.510. The summed E-state index contributed by atoms with van der Waals surface area (Å²) in [7, 11) is 1.55. The van der Waals surface area contributed by atoms with E-state index in [1.54, 1.807) is 31.4 Å². The fourth-order valence-electron chi connectivity index (χ4n) is 3.02. The number of nitriles is 1. The molecule has 1 aromatic heterocycles. The number of fused-ring (bicyclic) bond motifs is 1. The minimum Gasteiger partial charge on any atom is -0.497 e. The highest BCUT2D eigenvalue weighted by Crippen LogP contribution is 2.36.